The molecule has 2 rings (SSSR count). The SMILES string of the molecule is COc1ccccc1CC(CNC(=O)Cc1ccccc1F)C(=O)O. The Bertz CT molecular complexity index is 748. The van der Waals surface area contributed by atoms with Crippen LogP contribution in [0.25, 0.3) is 0 Å². The second-order valence-corrected chi connectivity index (χ2v) is 5.62. The molecule has 0 radical (unpaired) electrons. The van der Waals surface area contributed by atoms with E-state index in [0.717, 1.165) is 5.56 Å². The number of carboxylic acids is 1. The highest BCUT2D eigenvalue weighted by atomic mass is 19.1. The molecular formula is C19H20FNO4. The number of carbonyl (C=O) groups is 2. The molecular weight excluding hydrogens is 325 g/mol. The van der Waals surface area contributed by atoms with Gasteiger partial charge in [0, 0.05) is 6.54 Å². The average Bonchev–Trinajstić information content (AvgIpc) is 2.60. The number of hydrogen-bond acceptors (Lipinski definition) is 3. The Balaban J connectivity index is 1.96. The Morgan fingerprint density at radius 2 is 1.76 bits per heavy atom. The molecule has 2 aromatic carbocycles. The summed E-state index contributed by atoms with van der Waals surface area (Å²) in [5, 5.41) is 12.0. The van der Waals surface area contributed by atoms with Gasteiger partial charge in [-0.2, -0.15) is 0 Å². The Labute approximate surface area is 145 Å². The quantitative estimate of drug-likeness (QED) is 0.770. The molecule has 1 atom stereocenters. The van der Waals surface area contributed by atoms with Crippen LogP contribution in [-0.4, -0.2) is 30.6 Å². The van der Waals surface area contributed by atoms with Crippen LogP contribution in [0.4, 0.5) is 4.39 Å². The minimum atomic E-state index is -1.02. The maximum absolute atomic E-state index is 13.6. The van der Waals surface area contributed by atoms with Crippen molar-refractivity contribution in [1.82, 2.24) is 5.32 Å². The molecule has 6 heteroatoms. The third-order valence-corrected chi connectivity index (χ3v) is 3.86. The Kier molecular flexibility index (Phi) is 6.51. The second kappa shape index (κ2) is 8.82. The Morgan fingerprint density at radius 3 is 2.40 bits per heavy atom. The monoisotopic (exact) mass is 345 g/mol. The third kappa shape index (κ3) is 5.31. The predicted octanol–water partition coefficient (Wildman–Crippen LogP) is 2.44. The van der Waals surface area contributed by atoms with Crippen LogP contribution in [0.2, 0.25) is 0 Å². The highest BCUT2D eigenvalue weighted by Gasteiger charge is 2.21. The number of rotatable bonds is 8. The summed E-state index contributed by atoms with van der Waals surface area (Å²) in [6, 6.07) is 13.1. The van der Waals surface area contributed by atoms with E-state index in [4.69, 9.17) is 4.74 Å². The third-order valence-electron chi connectivity index (χ3n) is 3.86. The fourth-order valence-corrected chi connectivity index (χ4v) is 2.50. The zero-order chi connectivity index (χ0) is 18.2. The number of halogens is 1. The number of benzene rings is 2. The summed E-state index contributed by atoms with van der Waals surface area (Å²) in [5.74, 6) is -2.10. The zero-order valence-electron chi connectivity index (χ0n) is 13.9. The number of hydrogen-bond donors (Lipinski definition) is 2. The van der Waals surface area contributed by atoms with Crippen LogP contribution >= 0.6 is 0 Å². The van der Waals surface area contributed by atoms with Crippen LogP contribution in [0, 0.1) is 11.7 Å². The molecule has 1 amide bonds. The molecule has 0 saturated carbocycles. The summed E-state index contributed by atoms with van der Waals surface area (Å²) >= 11 is 0. The molecule has 0 aliphatic rings. The van der Waals surface area contributed by atoms with Gasteiger partial charge in [-0.3, -0.25) is 9.59 Å². The van der Waals surface area contributed by atoms with E-state index in [1.54, 1.807) is 36.4 Å². The van der Waals surface area contributed by atoms with Crippen LogP contribution in [-0.2, 0) is 22.4 Å². The van der Waals surface area contributed by atoms with Crippen molar-refractivity contribution < 1.29 is 23.8 Å². The van der Waals surface area contributed by atoms with E-state index in [2.05, 4.69) is 5.32 Å². The standard InChI is InChI=1S/C19H20FNO4/c1-25-17-9-5-3-7-14(17)10-15(19(23)24)12-21-18(22)11-13-6-2-4-8-16(13)20/h2-9,15H,10-12H2,1H3,(H,21,22)(H,23,24). The second-order valence-electron chi connectivity index (χ2n) is 5.62. The van der Waals surface area contributed by atoms with E-state index in [0.29, 0.717) is 5.75 Å². The van der Waals surface area contributed by atoms with Crippen molar-refractivity contribution in [2.75, 3.05) is 13.7 Å². The molecule has 132 valence electrons. The van der Waals surface area contributed by atoms with Crippen LogP contribution in [0.3, 0.4) is 0 Å². The van der Waals surface area contributed by atoms with Crippen LogP contribution in [0.1, 0.15) is 11.1 Å². The van der Waals surface area contributed by atoms with Crippen LogP contribution in [0.5, 0.6) is 5.75 Å². The van der Waals surface area contributed by atoms with Gasteiger partial charge in [0.15, 0.2) is 0 Å². The largest absolute Gasteiger partial charge is 0.496 e. The van der Waals surface area contributed by atoms with Gasteiger partial charge in [0.1, 0.15) is 11.6 Å². The number of carbonyl (C=O) groups excluding carboxylic acids is 1. The van der Waals surface area contributed by atoms with Gasteiger partial charge >= 0.3 is 5.97 Å². The minimum Gasteiger partial charge on any atom is -0.496 e. The summed E-state index contributed by atoms with van der Waals surface area (Å²) in [7, 11) is 1.52. The summed E-state index contributed by atoms with van der Waals surface area (Å²) < 4.78 is 18.8. The fourth-order valence-electron chi connectivity index (χ4n) is 2.50. The van der Waals surface area contributed by atoms with Crippen molar-refractivity contribution in [2.45, 2.75) is 12.8 Å². The van der Waals surface area contributed by atoms with Gasteiger partial charge in [0.05, 0.1) is 19.4 Å². The molecule has 5 nitrogen and oxygen atoms in total. The number of methoxy groups -OCH3 is 1. The molecule has 0 heterocycles. The van der Waals surface area contributed by atoms with E-state index in [1.165, 1.54) is 19.2 Å². The molecule has 0 spiro atoms. The van der Waals surface area contributed by atoms with Crippen LogP contribution in [0.15, 0.2) is 48.5 Å². The molecule has 1 unspecified atom stereocenters. The molecule has 2 N–H and O–H groups in total. The lowest BCUT2D eigenvalue weighted by Gasteiger charge is -2.15. The van der Waals surface area contributed by atoms with E-state index in [1.807, 2.05) is 0 Å². The number of ether oxygens (including phenoxy) is 1. The molecule has 2 aromatic rings. The van der Waals surface area contributed by atoms with E-state index in [9.17, 15) is 19.1 Å². The van der Waals surface area contributed by atoms with Gasteiger partial charge in [-0.05, 0) is 29.7 Å². The number of aliphatic carboxylic acids is 1. The lowest BCUT2D eigenvalue weighted by molar-refractivity contribution is -0.141. The zero-order valence-corrected chi connectivity index (χ0v) is 13.9. The average molecular weight is 345 g/mol. The topological polar surface area (TPSA) is 75.6 Å². The van der Waals surface area contributed by atoms with Gasteiger partial charge < -0.3 is 15.2 Å². The highest BCUT2D eigenvalue weighted by molar-refractivity contribution is 5.79. The van der Waals surface area contributed by atoms with E-state index in [-0.39, 0.29) is 24.9 Å². The number of nitrogens with one attached hydrogen (secondary N) is 1. The first-order chi connectivity index (χ1) is 12.0. The maximum atomic E-state index is 13.6. The van der Waals surface area contributed by atoms with Crippen molar-refractivity contribution >= 4 is 11.9 Å². The van der Waals surface area contributed by atoms with Gasteiger partial charge in [-0.15, -0.1) is 0 Å². The summed E-state index contributed by atoms with van der Waals surface area (Å²) in [5.41, 5.74) is 1.03. The van der Waals surface area contributed by atoms with Crippen molar-refractivity contribution in [1.29, 1.82) is 0 Å². The highest BCUT2D eigenvalue weighted by Crippen LogP contribution is 2.21. The van der Waals surface area contributed by atoms with Gasteiger partial charge in [-0.1, -0.05) is 36.4 Å². The van der Waals surface area contributed by atoms with Gasteiger partial charge in [0.25, 0.3) is 0 Å². The normalized spacial score (nSPS) is 11.6. The molecule has 0 saturated heterocycles. The lowest BCUT2D eigenvalue weighted by atomic mass is 9.98. The van der Waals surface area contributed by atoms with E-state index >= 15 is 0 Å². The fraction of sp³-hybridized carbons (Fsp3) is 0.263. The number of amides is 1. The van der Waals surface area contributed by atoms with Gasteiger partial charge in [0.2, 0.25) is 5.91 Å². The van der Waals surface area contributed by atoms with Gasteiger partial charge in [-0.25, -0.2) is 4.39 Å². The predicted molar refractivity (Wildman–Crippen MR) is 90.9 cm³/mol. The van der Waals surface area contributed by atoms with E-state index < -0.39 is 23.6 Å². The molecule has 0 bridgehead atoms. The summed E-state index contributed by atoms with van der Waals surface area (Å²) in [4.78, 5) is 23.4. The minimum absolute atomic E-state index is 0.0410. The molecule has 0 aliphatic carbocycles. The summed E-state index contributed by atoms with van der Waals surface area (Å²) in [6.07, 6.45) is 0.0903. The first-order valence-electron chi connectivity index (χ1n) is 7.86. The molecule has 0 aliphatic heterocycles. The number of carboxylic acid groups (broad SMARTS) is 1. The van der Waals surface area contributed by atoms with Crippen LogP contribution < -0.4 is 10.1 Å². The van der Waals surface area contributed by atoms with Crippen molar-refractivity contribution in [2.24, 2.45) is 5.92 Å². The maximum Gasteiger partial charge on any atom is 0.308 e. The van der Waals surface area contributed by atoms with Crippen molar-refractivity contribution in [3.8, 4) is 5.75 Å². The smallest absolute Gasteiger partial charge is 0.308 e. The first kappa shape index (κ1) is 18.4. The lowest BCUT2D eigenvalue weighted by Crippen LogP contribution is -2.35. The van der Waals surface area contributed by atoms with Crippen molar-refractivity contribution in [3.63, 3.8) is 0 Å². The first-order valence-corrected chi connectivity index (χ1v) is 7.86. The summed E-state index contributed by atoms with van der Waals surface area (Å²) in [6.45, 7) is -0.0410. The molecule has 25 heavy (non-hydrogen) atoms. The Morgan fingerprint density at radius 1 is 1.12 bits per heavy atom. The Hall–Kier alpha value is -2.89. The molecule has 0 aromatic heterocycles. The molecule has 0 fully saturated rings. The van der Waals surface area contributed by atoms with Crippen molar-refractivity contribution in [3.05, 3.63) is 65.5 Å². The number of para-hydroxylation sites is 1.